The first kappa shape index (κ1) is 31.7. The van der Waals surface area contributed by atoms with Crippen molar-refractivity contribution in [2.45, 2.75) is 37.5 Å². The van der Waals surface area contributed by atoms with Crippen molar-refractivity contribution in [3.05, 3.63) is 34.2 Å². The Bertz CT molecular complexity index is 915. The van der Waals surface area contributed by atoms with Crippen LogP contribution in [0.25, 0.3) is 4.13 Å². The molecule has 9 nitrogen and oxygen atoms in total. The molecule has 1 aromatic heterocycles. The number of halogens is 6. The highest BCUT2D eigenvalue weighted by Crippen LogP contribution is 2.36. The standard InChI is InChI=1S/C13H24NO3Si.C2F6NO4S2/c1-12(2)10-13-8-6-7-9-14(13)11-18(15-3,16-4)17-5;3-1(4,5)14(10,11)9-15(12,13)2(6,7)8/h6-9,12H,10-11H2,1-5H3;/q+1;-1. The number of rotatable bonds is 9. The smallest absolute Gasteiger partial charge is 0.421 e. The van der Waals surface area contributed by atoms with Crippen LogP contribution in [0.4, 0.5) is 26.3 Å². The molecular formula is C15H24F6N2O7S2Si. The second-order valence-corrected chi connectivity index (χ2v) is 13.0. The van der Waals surface area contributed by atoms with Crippen LogP contribution in [0, 0.1) is 5.92 Å². The zero-order valence-electron chi connectivity index (χ0n) is 18.1. The minimum absolute atomic E-state index is 0.613. The van der Waals surface area contributed by atoms with Gasteiger partial charge in [-0.3, -0.25) is 0 Å². The molecule has 1 heterocycles. The van der Waals surface area contributed by atoms with Crippen LogP contribution in [0.5, 0.6) is 0 Å². The molecule has 0 amide bonds. The Balaban J connectivity index is 0.000000633. The van der Waals surface area contributed by atoms with Gasteiger partial charge in [0.15, 0.2) is 31.9 Å². The molecule has 0 unspecified atom stereocenters. The predicted molar refractivity (Wildman–Crippen MR) is 105 cm³/mol. The third-order valence-corrected chi connectivity index (χ3v) is 9.06. The van der Waals surface area contributed by atoms with E-state index in [2.05, 4.69) is 36.7 Å². The summed E-state index contributed by atoms with van der Waals surface area (Å²) in [4.78, 5) is 0. The Morgan fingerprint density at radius 3 is 1.67 bits per heavy atom. The van der Waals surface area contributed by atoms with Crippen molar-refractivity contribution in [2.24, 2.45) is 5.92 Å². The van der Waals surface area contributed by atoms with Gasteiger partial charge in [-0.25, -0.2) is 16.8 Å². The summed E-state index contributed by atoms with van der Waals surface area (Å²) in [6.07, 6.45) is 3.72. The van der Waals surface area contributed by atoms with Crippen LogP contribution < -0.4 is 4.57 Å². The normalized spacial score (nSPS) is 13.6. The molecule has 0 aliphatic carbocycles. The van der Waals surface area contributed by atoms with Gasteiger partial charge in [-0.15, -0.1) is 0 Å². The van der Waals surface area contributed by atoms with Crippen molar-refractivity contribution < 1.29 is 61.0 Å². The first-order valence-electron chi connectivity index (χ1n) is 8.77. The Labute approximate surface area is 189 Å². The van der Waals surface area contributed by atoms with Crippen LogP contribution in [0.3, 0.4) is 0 Å². The van der Waals surface area contributed by atoms with E-state index in [4.69, 9.17) is 13.3 Å². The number of alkyl halides is 6. The van der Waals surface area contributed by atoms with Crippen LogP contribution in [-0.2, 0) is 45.9 Å². The second-order valence-electron chi connectivity index (χ2n) is 6.63. The lowest BCUT2D eigenvalue weighted by Gasteiger charge is -2.22. The Kier molecular flexibility index (Phi) is 11.4. The fourth-order valence-corrected chi connectivity index (χ4v) is 5.46. The van der Waals surface area contributed by atoms with Gasteiger partial charge in [0, 0.05) is 39.9 Å². The average Bonchev–Trinajstić information content (AvgIpc) is 2.65. The largest absolute Gasteiger partial charge is 0.569 e. The van der Waals surface area contributed by atoms with Gasteiger partial charge in [-0.2, -0.15) is 30.9 Å². The number of aromatic nitrogens is 1. The molecule has 0 N–H and O–H groups in total. The zero-order valence-corrected chi connectivity index (χ0v) is 20.8. The molecule has 0 radical (unpaired) electrons. The van der Waals surface area contributed by atoms with Gasteiger partial charge in [0.05, 0.1) is 0 Å². The highest BCUT2D eigenvalue weighted by atomic mass is 32.3. The molecule has 0 aromatic carbocycles. The summed E-state index contributed by atoms with van der Waals surface area (Å²) >= 11 is 0. The van der Waals surface area contributed by atoms with E-state index in [0.717, 1.165) is 10.5 Å². The van der Waals surface area contributed by atoms with Crippen molar-refractivity contribution >= 4 is 28.9 Å². The van der Waals surface area contributed by atoms with Crippen LogP contribution in [-0.4, -0.2) is 58.0 Å². The molecule has 33 heavy (non-hydrogen) atoms. The quantitative estimate of drug-likeness (QED) is 0.264. The maximum Gasteiger partial charge on any atom is 0.569 e. The molecule has 1 rings (SSSR count). The number of pyridine rings is 1. The summed E-state index contributed by atoms with van der Waals surface area (Å²) in [5.74, 6) is 0.613. The van der Waals surface area contributed by atoms with Gasteiger partial charge in [0.25, 0.3) is 0 Å². The molecule has 194 valence electrons. The Morgan fingerprint density at radius 1 is 0.909 bits per heavy atom. The van der Waals surface area contributed by atoms with Crippen molar-refractivity contribution in [2.75, 3.05) is 21.3 Å². The summed E-state index contributed by atoms with van der Waals surface area (Å²) in [7, 11) is -11.1. The number of nitrogens with zero attached hydrogens (tertiary/aromatic N) is 2. The Hall–Kier alpha value is -1.31. The van der Waals surface area contributed by atoms with Crippen LogP contribution in [0.15, 0.2) is 24.4 Å². The molecule has 0 atom stereocenters. The summed E-state index contributed by atoms with van der Waals surface area (Å²) in [5, 5.41) is 0. The minimum atomic E-state index is -6.72. The lowest BCUT2D eigenvalue weighted by Crippen LogP contribution is -2.57. The van der Waals surface area contributed by atoms with E-state index in [1.807, 2.05) is 6.07 Å². The van der Waals surface area contributed by atoms with E-state index in [9.17, 15) is 43.2 Å². The van der Waals surface area contributed by atoms with Gasteiger partial charge in [-0.05, 0) is 5.92 Å². The fraction of sp³-hybridized carbons (Fsp3) is 0.667. The summed E-state index contributed by atoms with van der Waals surface area (Å²) in [5.41, 5.74) is -11.1. The van der Waals surface area contributed by atoms with Crippen LogP contribution in [0.2, 0.25) is 0 Å². The molecule has 1 aromatic rings. The lowest BCUT2D eigenvalue weighted by atomic mass is 10.1. The summed E-state index contributed by atoms with van der Waals surface area (Å²) in [6, 6.07) is 6.22. The predicted octanol–water partition coefficient (Wildman–Crippen LogP) is 2.65. The topological polar surface area (TPSA) is 114 Å². The van der Waals surface area contributed by atoms with Gasteiger partial charge in [-0.1, -0.05) is 19.9 Å². The van der Waals surface area contributed by atoms with Crippen molar-refractivity contribution in [3.8, 4) is 0 Å². The van der Waals surface area contributed by atoms with Crippen molar-refractivity contribution in [1.82, 2.24) is 0 Å². The first-order valence-corrected chi connectivity index (χ1v) is 13.6. The van der Waals surface area contributed by atoms with Crippen molar-refractivity contribution in [1.29, 1.82) is 0 Å². The van der Waals surface area contributed by atoms with E-state index in [-0.39, 0.29) is 0 Å². The second kappa shape index (κ2) is 11.9. The third-order valence-electron chi connectivity index (χ3n) is 3.73. The fourth-order valence-electron chi connectivity index (χ4n) is 2.14. The molecule has 0 aliphatic rings. The highest BCUT2D eigenvalue weighted by molar-refractivity contribution is 8.13. The first-order chi connectivity index (χ1) is 14.8. The van der Waals surface area contributed by atoms with E-state index < -0.39 is 39.9 Å². The van der Waals surface area contributed by atoms with Gasteiger partial charge >= 0.3 is 19.8 Å². The van der Waals surface area contributed by atoms with E-state index in [0.29, 0.717) is 12.1 Å². The third kappa shape index (κ3) is 9.45. The van der Waals surface area contributed by atoms with E-state index >= 15 is 0 Å². The van der Waals surface area contributed by atoms with Crippen LogP contribution in [0.1, 0.15) is 19.5 Å². The van der Waals surface area contributed by atoms with Gasteiger partial charge in [0.2, 0.25) is 6.17 Å². The molecule has 0 saturated carbocycles. The van der Waals surface area contributed by atoms with Gasteiger partial charge < -0.3 is 17.4 Å². The maximum absolute atomic E-state index is 11.4. The monoisotopic (exact) mass is 550 g/mol. The molecule has 0 saturated heterocycles. The maximum atomic E-state index is 11.4. The minimum Gasteiger partial charge on any atom is -0.421 e. The van der Waals surface area contributed by atoms with E-state index in [1.165, 1.54) is 5.69 Å². The molecular weight excluding hydrogens is 526 g/mol. The molecule has 18 heteroatoms. The van der Waals surface area contributed by atoms with Gasteiger partial charge in [0.1, 0.15) is 0 Å². The Morgan fingerprint density at radius 2 is 1.33 bits per heavy atom. The van der Waals surface area contributed by atoms with Crippen molar-refractivity contribution in [3.63, 3.8) is 0 Å². The lowest BCUT2D eigenvalue weighted by molar-refractivity contribution is -0.692. The molecule has 0 spiro atoms. The number of sulfonamides is 2. The number of hydrogen-bond acceptors (Lipinski definition) is 7. The number of hydrogen-bond donors (Lipinski definition) is 0. The zero-order chi connectivity index (χ0) is 26.3. The highest BCUT2D eigenvalue weighted by Gasteiger charge is 2.47. The molecule has 0 fully saturated rings. The van der Waals surface area contributed by atoms with E-state index in [1.54, 1.807) is 21.3 Å². The SMILES string of the molecule is CO[Si](C[n+]1ccccc1CC(C)C)(OC)OC.O=S(=O)([N-]S(=O)(=O)C(F)(F)F)C(F)(F)F. The summed E-state index contributed by atoms with van der Waals surface area (Å²) in [6.45, 7) is 4.43. The summed E-state index contributed by atoms with van der Waals surface area (Å²) < 4.78 is 128. The molecule has 0 aliphatic heterocycles. The molecule has 0 bridgehead atoms. The van der Waals surface area contributed by atoms with Crippen LogP contribution >= 0.6 is 0 Å². The average molecular weight is 551 g/mol.